The summed E-state index contributed by atoms with van der Waals surface area (Å²) in [4.78, 5) is 22.7. The molecule has 1 fully saturated rings. The van der Waals surface area contributed by atoms with E-state index in [4.69, 9.17) is 14.7 Å². The number of piperidine rings is 1. The molecule has 2 aromatic heterocycles. The Morgan fingerprint density at radius 3 is 2.53 bits per heavy atom. The summed E-state index contributed by atoms with van der Waals surface area (Å²) in [5, 5.41) is 31.3. The molecule has 2 aliphatic heterocycles. The van der Waals surface area contributed by atoms with Gasteiger partial charge >= 0.3 is 6.03 Å². The normalized spacial score (nSPS) is 21.6. The minimum atomic E-state index is -0.323. The van der Waals surface area contributed by atoms with Crippen molar-refractivity contribution in [1.82, 2.24) is 34.9 Å². The summed E-state index contributed by atoms with van der Waals surface area (Å²) in [6.45, 7) is 11.4. The van der Waals surface area contributed by atoms with Gasteiger partial charge in [-0.2, -0.15) is 5.10 Å². The third-order valence-corrected chi connectivity index (χ3v) is 10.0. The molecule has 4 atom stereocenters. The second-order valence-corrected chi connectivity index (χ2v) is 14.8. The van der Waals surface area contributed by atoms with Crippen LogP contribution in [0, 0.1) is 0 Å². The number of hydroxylamine groups is 2. The molecule has 0 bridgehead atoms. The topological polar surface area (TPSA) is 135 Å². The van der Waals surface area contributed by atoms with Crippen LogP contribution >= 0.6 is 0 Å². The van der Waals surface area contributed by atoms with Crippen LogP contribution in [-0.4, -0.2) is 66.0 Å². The second kappa shape index (κ2) is 14.4. The van der Waals surface area contributed by atoms with Gasteiger partial charge in [-0.05, 0) is 69.2 Å². The van der Waals surface area contributed by atoms with E-state index in [9.17, 15) is 9.90 Å². The molecule has 4 heterocycles. The highest BCUT2D eigenvalue weighted by Crippen LogP contribution is 2.40. The third kappa shape index (κ3) is 7.31. The predicted octanol–water partition coefficient (Wildman–Crippen LogP) is 6.47. The summed E-state index contributed by atoms with van der Waals surface area (Å²) < 4.78 is 9.49. The van der Waals surface area contributed by atoms with Crippen LogP contribution in [-0.2, 0) is 16.9 Å². The van der Waals surface area contributed by atoms with Crippen molar-refractivity contribution in [2.24, 2.45) is 0 Å². The summed E-state index contributed by atoms with van der Waals surface area (Å²) in [7, 11) is 0. The maximum absolute atomic E-state index is 13.7. The van der Waals surface area contributed by atoms with Crippen molar-refractivity contribution in [3.63, 3.8) is 0 Å². The number of rotatable bonds is 9. The molecule has 1 aliphatic carbocycles. The number of hydrogen-bond acceptors (Lipinski definition) is 9. The third-order valence-electron chi connectivity index (χ3n) is 10.0. The molecular formula is C38H49N9O4. The van der Waals surface area contributed by atoms with E-state index in [1.165, 1.54) is 6.42 Å². The maximum Gasteiger partial charge on any atom is 0.320 e. The Labute approximate surface area is 299 Å². The highest BCUT2D eigenvalue weighted by atomic mass is 16.7. The smallest absolute Gasteiger partial charge is 0.320 e. The fourth-order valence-electron chi connectivity index (χ4n) is 7.36. The second-order valence-electron chi connectivity index (χ2n) is 14.8. The first-order chi connectivity index (χ1) is 24.6. The molecule has 2 unspecified atom stereocenters. The Kier molecular flexibility index (Phi) is 9.75. The van der Waals surface area contributed by atoms with Gasteiger partial charge in [0, 0.05) is 41.9 Å². The van der Waals surface area contributed by atoms with Gasteiger partial charge < -0.3 is 20.1 Å². The number of aromatic nitrogens is 5. The van der Waals surface area contributed by atoms with Crippen molar-refractivity contribution in [3.8, 4) is 11.4 Å². The van der Waals surface area contributed by atoms with E-state index in [0.29, 0.717) is 36.7 Å². The number of carbonyl (C=O) groups is 1. The van der Waals surface area contributed by atoms with E-state index >= 15 is 0 Å². The molecule has 0 spiro atoms. The zero-order valence-electron chi connectivity index (χ0n) is 30.1. The van der Waals surface area contributed by atoms with Crippen molar-refractivity contribution in [1.29, 1.82) is 0 Å². The number of amides is 2. The monoisotopic (exact) mass is 695 g/mol. The van der Waals surface area contributed by atoms with Gasteiger partial charge in [0.25, 0.3) is 0 Å². The molecule has 0 saturated carbocycles. The van der Waals surface area contributed by atoms with Gasteiger partial charge in [0.15, 0.2) is 5.82 Å². The van der Waals surface area contributed by atoms with E-state index in [0.717, 1.165) is 53.5 Å². The lowest BCUT2D eigenvalue weighted by Crippen LogP contribution is -2.46. The van der Waals surface area contributed by atoms with Crippen LogP contribution in [0.5, 0.6) is 5.75 Å². The van der Waals surface area contributed by atoms with Crippen LogP contribution in [0.4, 0.5) is 16.6 Å². The Morgan fingerprint density at radius 2 is 1.76 bits per heavy atom. The largest absolute Gasteiger partial charge is 0.491 e. The number of urea groups is 1. The molecule has 13 heteroatoms. The SMILES string of the molecule is CC1CCCC(C)N1c1nnc2n1CN(O[C@@H]1CC[C@H](NC(=O)Nc3cc(C(C)(C)C)nn3-c3cccc(OCCO)c3)c3ccccc31)C=C2. The Hall–Kier alpha value is -4.88. The molecular weight excluding hydrogens is 646 g/mol. The first-order valence-corrected chi connectivity index (χ1v) is 18.0. The lowest BCUT2D eigenvalue weighted by molar-refractivity contribution is -0.190. The van der Waals surface area contributed by atoms with Crippen molar-refractivity contribution in [3.05, 3.63) is 83.4 Å². The predicted molar refractivity (Wildman–Crippen MR) is 195 cm³/mol. The summed E-state index contributed by atoms with van der Waals surface area (Å²) in [6, 6.07) is 17.8. The zero-order chi connectivity index (χ0) is 35.7. The Balaban J connectivity index is 1.05. The molecule has 51 heavy (non-hydrogen) atoms. The molecule has 2 aromatic carbocycles. The van der Waals surface area contributed by atoms with Gasteiger partial charge in [-0.25, -0.2) is 14.5 Å². The zero-order valence-corrected chi connectivity index (χ0v) is 30.1. The van der Waals surface area contributed by atoms with Crippen LogP contribution < -0.4 is 20.3 Å². The molecule has 2 amide bonds. The number of ether oxygens (including phenoxy) is 1. The van der Waals surface area contributed by atoms with Gasteiger partial charge in [0.05, 0.1) is 24.0 Å². The van der Waals surface area contributed by atoms with Crippen LogP contribution in [0.3, 0.4) is 0 Å². The van der Waals surface area contributed by atoms with Crippen molar-refractivity contribution >= 4 is 23.9 Å². The van der Waals surface area contributed by atoms with E-state index in [1.54, 1.807) is 4.68 Å². The van der Waals surface area contributed by atoms with E-state index in [2.05, 4.69) is 77.0 Å². The number of nitrogens with zero attached hydrogens (tertiary/aromatic N) is 7. The molecule has 13 nitrogen and oxygen atoms in total. The van der Waals surface area contributed by atoms with Crippen molar-refractivity contribution < 1.29 is 19.5 Å². The number of hydrogen-bond donors (Lipinski definition) is 3. The van der Waals surface area contributed by atoms with Crippen molar-refractivity contribution in [2.75, 3.05) is 23.4 Å². The van der Waals surface area contributed by atoms with Gasteiger partial charge in [-0.3, -0.25) is 14.7 Å². The number of anilines is 2. The summed E-state index contributed by atoms with van der Waals surface area (Å²) in [5.41, 5.74) is 3.40. The molecule has 0 radical (unpaired) electrons. The average molecular weight is 696 g/mol. The number of nitrogens with one attached hydrogen (secondary N) is 2. The van der Waals surface area contributed by atoms with E-state index in [1.807, 2.05) is 59.8 Å². The number of benzene rings is 2. The minimum absolute atomic E-state index is 0.0812. The highest BCUT2D eigenvalue weighted by Gasteiger charge is 2.33. The molecule has 1 saturated heterocycles. The van der Waals surface area contributed by atoms with Crippen LogP contribution in [0.15, 0.2) is 60.8 Å². The Bertz CT molecular complexity index is 1870. The van der Waals surface area contributed by atoms with Gasteiger partial charge in [-0.15, -0.1) is 10.2 Å². The van der Waals surface area contributed by atoms with E-state index in [-0.39, 0.29) is 36.8 Å². The van der Waals surface area contributed by atoms with Gasteiger partial charge in [-0.1, -0.05) is 51.1 Å². The van der Waals surface area contributed by atoms with Gasteiger partial charge in [0.2, 0.25) is 5.95 Å². The number of aliphatic hydroxyl groups excluding tert-OH is 1. The fraction of sp³-hybridized carbons (Fsp3) is 0.474. The van der Waals surface area contributed by atoms with Crippen LogP contribution in [0.25, 0.3) is 11.8 Å². The van der Waals surface area contributed by atoms with Crippen LogP contribution in [0.2, 0.25) is 0 Å². The number of fused-ring (bicyclic) bond motifs is 2. The standard InChI is InChI=1S/C38H49N9O4/c1-25-10-8-11-26(2)46(25)37-42-41-34-18-19-44(24-45(34)37)51-32-17-16-31(29-14-6-7-15-30(29)32)39-36(49)40-35-23-33(38(3,4)5)43-47(35)27-12-9-13-28(22-27)50-21-20-48/h6-7,9,12-15,18-19,22-23,25-26,31-32,48H,8,10-11,16-17,20-21,24H2,1-5H3,(H2,39,40,49)/t25?,26?,31-,32+/m0/s1. The quantitative estimate of drug-likeness (QED) is 0.180. The summed E-state index contributed by atoms with van der Waals surface area (Å²) >= 11 is 0. The first-order valence-electron chi connectivity index (χ1n) is 18.0. The lowest BCUT2D eigenvalue weighted by Gasteiger charge is -2.40. The van der Waals surface area contributed by atoms with Crippen molar-refractivity contribution in [2.45, 2.75) is 103 Å². The molecule has 7 rings (SSSR count). The summed E-state index contributed by atoms with van der Waals surface area (Å²) in [6.07, 6.45) is 8.65. The molecule has 4 aromatic rings. The fourth-order valence-corrected chi connectivity index (χ4v) is 7.36. The van der Waals surface area contributed by atoms with Gasteiger partial charge in [0.1, 0.15) is 30.9 Å². The first kappa shape index (κ1) is 34.6. The summed E-state index contributed by atoms with van der Waals surface area (Å²) in [5.74, 6) is 2.86. The average Bonchev–Trinajstić information content (AvgIpc) is 3.73. The Morgan fingerprint density at radius 1 is 0.980 bits per heavy atom. The number of aliphatic hydroxyl groups is 1. The molecule has 270 valence electrons. The minimum Gasteiger partial charge on any atom is -0.491 e. The maximum atomic E-state index is 13.7. The molecule has 3 N–H and O–H groups in total. The number of carbonyl (C=O) groups excluding carboxylic acids is 1. The van der Waals surface area contributed by atoms with E-state index < -0.39 is 0 Å². The molecule has 3 aliphatic rings. The van der Waals surface area contributed by atoms with Crippen LogP contribution in [0.1, 0.15) is 102 Å². The lowest BCUT2D eigenvalue weighted by atomic mass is 9.86. The highest BCUT2D eigenvalue weighted by molar-refractivity contribution is 5.89.